The van der Waals surface area contributed by atoms with Crippen molar-refractivity contribution < 1.29 is 9.53 Å². The van der Waals surface area contributed by atoms with E-state index in [2.05, 4.69) is 10.2 Å². The third kappa shape index (κ3) is 3.23. The van der Waals surface area contributed by atoms with E-state index in [1.807, 2.05) is 38.4 Å². The van der Waals surface area contributed by atoms with Crippen LogP contribution >= 0.6 is 0 Å². The lowest BCUT2D eigenvalue weighted by Gasteiger charge is -2.12. The summed E-state index contributed by atoms with van der Waals surface area (Å²) < 4.78 is 5.28. The van der Waals surface area contributed by atoms with Crippen molar-refractivity contribution in [2.45, 2.75) is 18.9 Å². The van der Waals surface area contributed by atoms with Crippen LogP contribution in [0.1, 0.15) is 12.0 Å². The van der Waals surface area contributed by atoms with Crippen LogP contribution in [0.3, 0.4) is 0 Å². The zero-order chi connectivity index (χ0) is 13.0. The first-order valence-electron chi connectivity index (χ1n) is 6.32. The van der Waals surface area contributed by atoms with Crippen molar-refractivity contribution >= 4 is 11.7 Å². The molecular weight excluding hydrogens is 228 g/mol. The zero-order valence-electron chi connectivity index (χ0n) is 11.0. The van der Waals surface area contributed by atoms with Gasteiger partial charge in [0.25, 0.3) is 0 Å². The van der Waals surface area contributed by atoms with Crippen molar-refractivity contribution in [1.29, 1.82) is 0 Å². The number of para-hydroxylation sites is 1. The van der Waals surface area contributed by atoms with Crippen LogP contribution in [0.15, 0.2) is 24.3 Å². The summed E-state index contributed by atoms with van der Waals surface area (Å²) in [5, 5.41) is 3.20. The van der Waals surface area contributed by atoms with Gasteiger partial charge in [-0.05, 0) is 32.1 Å². The molecule has 1 N–H and O–H groups in total. The summed E-state index contributed by atoms with van der Waals surface area (Å²) in [6, 6.07) is 7.78. The first-order valence-corrected chi connectivity index (χ1v) is 6.32. The van der Waals surface area contributed by atoms with Crippen molar-refractivity contribution in [3.8, 4) is 0 Å². The van der Waals surface area contributed by atoms with E-state index < -0.39 is 0 Å². The Kier molecular flexibility index (Phi) is 4.20. The summed E-state index contributed by atoms with van der Waals surface area (Å²) in [4.78, 5) is 13.9. The molecule has 0 aliphatic carbocycles. The van der Waals surface area contributed by atoms with Crippen LogP contribution in [0.25, 0.3) is 0 Å². The van der Waals surface area contributed by atoms with Crippen molar-refractivity contribution in [2.75, 3.05) is 32.6 Å². The number of nitrogens with zero attached hydrogens (tertiary/aromatic N) is 1. The number of esters is 1. The van der Waals surface area contributed by atoms with Crippen LogP contribution in [0.5, 0.6) is 0 Å². The molecule has 0 radical (unpaired) electrons. The van der Waals surface area contributed by atoms with Crippen molar-refractivity contribution in [3.05, 3.63) is 29.8 Å². The van der Waals surface area contributed by atoms with Crippen LogP contribution in [-0.4, -0.2) is 44.2 Å². The zero-order valence-corrected chi connectivity index (χ0v) is 11.0. The molecule has 0 amide bonds. The Morgan fingerprint density at radius 1 is 1.44 bits per heavy atom. The number of anilines is 1. The van der Waals surface area contributed by atoms with Gasteiger partial charge in [0.05, 0.1) is 6.61 Å². The highest BCUT2D eigenvalue weighted by molar-refractivity contribution is 5.82. The molecule has 1 aromatic carbocycles. The van der Waals surface area contributed by atoms with Crippen molar-refractivity contribution in [2.24, 2.45) is 0 Å². The standard InChI is InChI=1S/C14H20N2O2/c1-16(2)8-5-9-18-14(17)13-10-11-6-3-4-7-12(11)15-13/h3-4,6-7,13,15H,5,8-10H2,1-2H3/t13-/m0/s1. The van der Waals surface area contributed by atoms with Crippen LogP contribution < -0.4 is 5.32 Å². The van der Waals surface area contributed by atoms with E-state index in [4.69, 9.17) is 4.74 Å². The Labute approximate surface area is 108 Å². The molecule has 1 aliphatic heterocycles. The number of carbonyl (C=O) groups excluding carboxylic acids is 1. The van der Waals surface area contributed by atoms with Gasteiger partial charge in [-0.3, -0.25) is 0 Å². The number of nitrogens with one attached hydrogen (secondary N) is 1. The second-order valence-electron chi connectivity index (χ2n) is 4.88. The number of benzene rings is 1. The summed E-state index contributed by atoms with van der Waals surface area (Å²) in [6.07, 6.45) is 1.60. The lowest BCUT2D eigenvalue weighted by Crippen LogP contribution is -2.29. The lowest BCUT2D eigenvalue weighted by molar-refractivity contribution is -0.144. The predicted molar refractivity (Wildman–Crippen MR) is 71.7 cm³/mol. The summed E-state index contributed by atoms with van der Waals surface area (Å²) in [6.45, 7) is 1.43. The second kappa shape index (κ2) is 5.87. The van der Waals surface area contributed by atoms with E-state index in [9.17, 15) is 4.79 Å². The number of fused-ring (bicyclic) bond motifs is 1. The fourth-order valence-corrected chi connectivity index (χ4v) is 2.09. The summed E-state index contributed by atoms with van der Waals surface area (Å²) in [7, 11) is 4.02. The molecule has 18 heavy (non-hydrogen) atoms. The van der Waals surface area contributed by atoms with Gasteiger partial charge in [-0.25, -0.2) is 4.79 Å². The van der Waals surface area contributed by atoms with Crippen LogP contribution in [0.2, 0.25) is 0 Å². The minimum absolute atomic E-state index is 0.148. The number of ether oxygens (including phenoxy) is 1. The maximum absolute atomic E-state index is 11.9. The maximum Gasteiger partial charge on any atom is 0.328 e. The van der Waals surface area contributed by atoms with Gasteiger partial charge >= 0.3 is 5.97 Å². The van der Waals surface area contributed by atoms with Crippen molar-refractivity contribution in [3.63, 3.8) is 0 Å². The van der Waals surface area contributed by atoms with Crippen LogP contribution in [0, 0.1) is 0 Å². The number of hydrogen-bond donors (Lipinski definition) is 1. The third-order valence-electron chi connectivity index (χ3n) is 3.05. The Hall–Kier alpha value is -1.55. The lowest BCUT2D eigenvalue weighted by atomic mass is 10.1. The van der Waals surface area contributed by atoms with Crippen LogP contribution in [0.4, 0.5) is 5.69 Å². The number of rotatable bonds is 5. The summed E-state index contributed by atoms with van der Waals surface area (Å²) >= 11 is 0. The topological polar surface area (TPSA) is 41.6 Å². The van der Waals surface area contributed by atoms with Gasteiger partial charge < -0.3 is 15.0 Å². The van der Waals surface area contributed by atoms with Gasteiger partial charge in [0.2, 0.25) is 0 Å². The molecular formula is C14H20N2O2. The van der Waals surface area contributed by atoms with Gasteiger partial charge in [0, 0.05) is 18.7 Å². The highest BCUT2D eigenvalue weighted by Gasteiger charge is 2.27. The molecule has 98 valence electrons. The second-order valence-corrected chi connectivity index (χ2v) is 4.88. The van der Waals surface area contributed by atoms with E-state index in [1.54, 1.807) is 0 Å². The fourth-order valence-electron chi connectivity index (χ4n) is 2.09. The molecule has 4 nitrogen and oxygen atoms in total. The van der Waals surface area contributed by atoms with E-state index in [0.717, 1.165) is 25.1 Å². The molecule has 0 fully saturated rings. The van der Waals surface area contributed by atoms with Crippen LogP contribution in [-0.2, 0) is 16.0 Å². The van der Waals surface area contributed by atoms with Gasteiger partial charge in [0.15, 0.2) is 0 Å². The molecule has 0 unspecified atom stereocenters. The minimum Gasteiger partial charge on any atom is -0.464 e. The molecule has 4 heteroatoms. The van der Waals surface area contributed by atoms with Crippen molar-refractivity contribution in [1.82, 2.24) is 4.90 Å². The first kappa shape index (κ1) is 12.9. The minimum atomic E-state index is -0.221. The molecule has 2 rings (SSSR count). The highest BCUT2D eigenvalue weighted by atomic mass is 16.5. The van der Waals surface area contributed by atoms with Gasteiger partial charge in [0.1, 0.15) is 6.04 Å². The normalized spacial score (nSPS) is 17.4. The molecule has 1 heterocycles. The molecule has 0 saturated carbocycles. The first-order chi connectivity index (χ1) is 8.66. The monoisotopic (exact) mass is 248 g/mol. The Morgan fingerprint density at radius 2 is 2.22 bits per heavy atom. The fraction of sp³-hybridized carbons (Fsp3) is 0.500. The summed E-state index contributed by atoms with van der Waals surface area (Å²) in [5.41, 5.74) is 2.24. The molecule has 1 aliphatic rings. The largest absolute Gasteiger partial charge is 0.464 e. The SMILES string of the molecule is CN(C)CCCOC(=O)[C@@H]1Cc2ccccc2N1. The Morgan fingerprint density at radius 3 is 2.94 bits per heavy atom. The molecule has 0 bridgehead atoms. The van der Waals surface area contributed by atoms with Gasteiger partial charge in [-0.1, -0.05) is 18.2 Å². The van der Waals surface area contributed by atoms with E-state index in [0.29, 0.717) is 6.61 Å². The van der Waals surface area contributed by atoms with E-state index in [1.165, 1.54) is 5.56 Å². The number of hydrogen-bond acceptors (Lipinski definition) is 4. The molecule has 1 atom stereocenters. The molecule has 0 saturated heterocycles. The third-order valence-corrected chi connectivity index (χ3v) is 3.05. The smallest absolute Gasteiger partial charge is 0.328 e. The van der Waals surface area contributed by atoms with Gasteiger partial charge in [-0.2, -0.15) is 0 Å². The summed E-state index contributed by atoms with van der Waals surface area (Å²) in [5.74, 6) is -0.148. The number of carbonyl (C=O) groups is 1. The van der Waals surface area contributed by atoms with E-state index >= 15 is 0 Å². The van der Waals surface area contributed by atoms with E-state index in [-0.39, 0.29) is 12.0 Å². The highest BCUT2D eigenvalue weighted by Crippen LogP contribution is 2.25. The average Bonchev–Trinajstić information content (AvgIpc) is 2.78. The Bertz CT molecular complexity index is 393. The predicted octanol–water partition coefficient (Wildman–Crippen LogP) is 1.52. The maximum atomic E-state index is 11.9. The molecule has 1 aromatic rings. The Balaban J connectivity index is 1.76. The van der Waals surface area contributed by atoms with Gasteiger partial charge in [-0.15, -0.1) is 0 Å². The molecule has 0 aromatic heterocycles. The quantitative estimate of drug-likeness (QED) is 0.633. The molecule has 0 spiro atoms. The average molecular weight is 248 g/mol.